The van der Waals surface area contributed by atoms with Crippen LogP contribution in [0, 0.1) is 0 Å². The van der Waals surface area contributed by atoms with Gasteiger partial charge in [-0.1, -0.05) is 37.3 Å². The van der Waals surface area contributed by atoms with Crippen molar-refractivity contribution < 1.29 is 8.42 Å². The van der Waals surface area contributed by atoms with E-state index in [1.165, 1.54) is 3.97 Å². The minimum Gasteiger partial charge on any atom is -0.303 e. The Hall–Kier alpha value is -1.63. The first kappa shape index (κ1) is 17.8. The first-order valence-corrected chi connectivity index (χ1v) is 11.1. The predicted octanol–water partition coefficient (Wildman–Crippen LogP) is 4.45. The highest BCUT2D eigenvalue weighted by Gasteiger charge is 2.29. The number of benzene rings is 2. The number of aromatic nitrogens is 1. The average Bonchev–Trinajstić information content (AvgIpc) is 3.26. The zero-order valence-electron chi connectivity index (χ0n) is 14.6. The van der Waals surface area contributed by atoms with Gasteiger partial charge in [0, 0.05) is 22.6 Å². The molecule has 4 nitrogen and oxygen atoms in total. The Bertz CT molecular complexity index is 1060. The molecule has 0 amide bonds. The van der Waals surface area contributed by atoms with Crippen LogP contribution in [0.3, 0.4) is 0 Å². The van der Waals surface area contributed by atoms with Crippen LogP contribution >= 0.6 is 15.9 Å². The van der Waals surface area contributed by atoms with Crippen molar-refractivity contribution in [3.8, 4) is 0 Å². The molecule has 0 bridgehead atoms. The van der Waals surface area contributed by atoms with Gasteiger partial charge in [0.25, 0.3) is 10.0 Å². The number of para-hydroxylation sites is 1. The summed E-state index contributed by atoms with van der Waals surface area (Å²) in [6.07, 6.45) is 2.90. The molecule has 1 aromatic heterocycles. The van der Waals surface area contributed by atoms with Gasteiger partial charge in [0.05, 0.1) is 5.52 Å². The largest absolute Gasteiger partial charge is 0.303 e. The molecule has 2 heterocycles. The van der Waals surface area contributed by atoms with Crippen LogP contribution in [0.4, 0.5) is 0 Å². The highest BCUT2D eigenvalue weighted by molar-refractivity contribution is 9.10. The Kier molecular flexibility index (Phi) is 4.67. The molecule has 0 saturated carbocycles. The van der Waals surface area contributed by atoms with E-state index in [1.54, 1.807) is 18.2 Å². The molecular formula is C20H21BrN2O2S. The highest BCUT2D eigenvalue weighted by Crippen LogP contribution is 2.36. The van der Waals surface area contributed by atoms with Crippen LogP contribution in [0.15, 0.2) is 64.1 Å². The van der Waals surface area contributed by atoms with E-state index in [4.69, 9.17) is 0 Å². The molecule has 0 radical (unpaired) electrons. The summed E-state index contributed by atoms with van der Waals surface area (Å²) in [7, 11) is -3.67. The third-order valence-corrected chi connectivity index (χ3v) is 7.93. The van der Waals surface area contributed by atoms with Crippen LogP contribution in [-0.2, 0) is 10.0 Å². The van der Waals surface area contributed by atoms with Crippen LogP contribution in [0.1, 0.15) is 24.8 Å². The number of hydrogen-bond acceptors (Lipinski definition) is 3. The number of likely N-dealkylation sites (N-methyl/N-ethyl adjacent to an activating group) is 1. The Labute approximate surface area is 162 Å². The third kappa shape index (κ3) is 2.90. The number of hydrogen-bond donors (Lipinski definition) is 0. The molecule has 4 rings (SSSR count). The van der Waals surface area contributed by atoms with Crippen molar-refractivity contribution in [1.82, 2.24) is 8.87 Å². The molecule has 0 spiro atoms. The fraction of sp³-hybridized carbons (Fsp3) is 0.300. The molecule has 1 aliphatic rings. The first-order chi connectivity index (χ1) is 12.5. The molecule has 0 N–H and O–H groups in total. The monoisotopic (exact) mass is 432 g/mol. The lowest BCUT2D eigenvalue weighted by Crippen LogP contribution is -2.19. The second kappa shape index (κ2) is 6.83. The quantitative estimate of drug-likeness (QED) is 0.611. The summed E-state index contributed by atoms with van der Waals surface area (Å²) in [5.74, 6) is 0.371. The lowest BCUT2D eigenvalue weighted by Gasteiger charge is -2.12. The SMILES string of the molecule is CCN1CCC(c2cn(S(=O)(=O)c3ccccc3Br)c3ccccc23)C1. The molecule has 0 aliphatic carbocycles. The van der Waals surface area contributed by atoms with Crippen molar-refractivity contribution in [2.45, 2.75) is 24.2 Å². The first-order valence-electron chi connectivity index (χ1n) is 8.85. The topological polar surface area (TPSA) is 42.3 Å². The van der Waals surface area contributed by atoms with Crippen molar-refractivity contribution in [3.63, 3.8) is 0 Å². The van der Waals surface area contributed by atoms with Gasteiger partial charge in [0.2, 0.25) is 0 Å². The van der Waals surface area contributed by atoms with Crippen LogP contribution in [0.25, 0.3) is 10.9 Å². The molecule has 136 valence electrons. The van der Waals surface area contributed by atoms with E-state index in [0.717, 1.165) is 42.5 Å². The van der Waals surface area contributed by atoms with Gasteiger partial charge in [-0.25, -0.2) is 12.4 Å². The molecule has 26 heavy (non-hydrogen) atoms. The lowest BCUT2D eigenvalue weighted by molar-refractivity contribution is 0.354. The highest BCUT2D eigenvalue weighted by atomic mass is 79.9. The van der Waals surface area contributed by atoms with E-state index in [1.807, 2.05) is 36.5 Å². The van der Waals surface area contributed by atoms with Gasteiger partial charge < -0.3 is 4.90 Å². The summed E-state index contributed by atoms with van der Waals surface area (Å²) < 4.78 is 28.7. The third-order valence-electron chi connectivity index (χ3n) is 5.24. The van der Waals surface area contributed by atoms with Gasteiger partial charge in [-0.2, -0.15) is 0 Å². The van der Waals surface area contributed by atoms with Gasteiger partial charge >= 0.3 is 0 Å². The van der Waals surface area contributed by atoms with Crippen LogP contribution in [0.2, 0.25) is 0 Å². The molecule has 1 aliphatic heterocycles. The maximum Gasteiger partial charge on any atom is 0.269 e. The predicted molar refractivity (Wildman–Crippen MR) is 108 cm³/mol. The van der Waals surface area contributed by atoms with E-state index < -0.39 is 10.0 Å². The minimum atomic E-state index is -3.67. The van der Waals surface area contributed by atoms with E-state index in [9.17, 15) is 8.42 Å². The van der Waals surface area contributed by atoms with Gasteiger partial charge in [0.15, 0.2) is 0 Å². The van der Waals surface area contributed by atoms with Crippen LogP contribution < -0.4 is 0 Å². The molecule has 1 fully saturated rings. The summed E-state index contributed by atoms with van der Waals surface area (Å²) >= 11 is 3.38. The maximum absolute atomic E-state index is 13.3. The van der Waals surface area contributed by atoms with E-state index in [0.29, 0.717) is 10.4 Å². The number of rotatable bonds is 4. The summed E-state index contributed by atoms with van der Waals surface area (Å²) in [4.78, 5) is 2.70. The Balaban J connectivity index is 1.88. The summed E-state index contributed by atoms with van der Waals surface area (Å²) in [6.45, 7) is 5.25. The van der Waals surface area contributed by atoms with E-state index >= 15 is 0 Å². The normalized spacial score (nSPS) is 18.6. The van der Waals surface area contributed by atoms with Crippen LogP contribution in [0.5, 0.6) is 0 Å². The fourth-order valence-corrected chi connectivity index (χ4v) is 6.18. The molecular weight excluding hydrogens is 412 g/mol. The number of likely N-dealkylation sites (tertiary alicyclic amines) is 1. The zero-order chi connectivity index (χ0) is 18.3. The molecule has 2 aromatic carbocycles. The Morgan fingerprint density at radius 3 is 2.58 bits per heavy atom. The van der Waals surface area contributed by atoms with Crippen molar-refractivity contribution in [2.75, 3.05) is 19.6 Å². The zero-order valence-corrected chi connectivity index (χ0v) is 17.0. The number of fused-ring (bicyclic) bond motifs is 1. The van der Waals surface area contributed by atoms with Crippen molar-refractivity contribution in [1.29, 1.82) is 0 Å². The van der Waals surface area contributed by atoms with Crippen molar-refractivity contribution >= 4 is 36.9 Å². The number of nitrogens with zero attached hydrogens (tertiary/aromatic N) is 2. The maximum atomic E-state index is 13.3. The Morgan fingerprint density at radius 1 is 1.12 bits per heavy atom. The average molecular weight is 433 g/mol. The number of halogens is 1. The smallest absolute Gasteiger partial charge is 0.269 e. The molecule has 6 heteroatoms. The lowest BCUT2D eigenvalue weighted by atomic mass is 9.98. The summed E-state index contributed by atoms with van der Waals surface area (Å²) in [5.41, 5.74) is 1.88. The van der Waals surface area contributed by atoms with Crippen molar-refractivity contribution in [3.05, 3.63) is 64.8 Å². The minimum absolute atomic E-state index is 0.286. The van der Waals surface area contributed by atoms with Gasteiger partial charge in [-0.05, 0) is 65.1 Å². The van der Waals surface area contributed by atoms with Gasteiger partial charge in [0.1, 0.15) is 4.90 Å². The van der Waals surface area contributed by atoms with E-state index in [-0.39, 0.29) is 4.90 Å². The fourth-order valence-electron chi connectivity index (χ4n) is 3.83. The summed E-state index contributed by atoms with van der Waals surface area (Å²) in [5, 5.41) is 1.03. The van der Waals surface area contributed by atoms with Crippen molar-refractivity contribution in [2.24, 2.45) is 0 Å². The second-order valence-corrected chi connectivity index (χ2v) is 9.35. The second-order valence-electron chi connectivity index (χ2n) is 6.71. The summed E-state index contributed by atoms with van der Waals surface area (Å²) in [6, 6.07) is 14.8. The standard InChI is InChI=1S/C20H21BrN2O2S/c1-2-22-12-11-15(13-22)17-14-23(19-9-5-3-7-16(17)19)26(24,25)20-10-6-4-8-18(20)21/h3-10,14-15H,2,11-13H2,1H3. The van der Waals surface area contributed by atoms with Gasteiger partial charge in [-0.3, -0.25) is 0 Å². The van der Waals surface area contributed by atoms with E-state index in [2.05, 4.69) is 27.8 Å². The molecule has 1 atom stereocenters. The molecule has 3 aromatic rings. The van der Waals surface area contributed by atoms with Gasteiger partial charge in [-0.15, -0.1) is 0 Å². The molecule has 1 saturated heterocycles. The van der Waals surface area contributed by atoms with Crippen LogP contribution in [-0.4, -0.2) is 36.9 Å². The molecule has 1 unspecified atom stereocenters. The Morgan fingerprint density at radius 2 is 1.85 bits per heavy atom.